The lowest BCUT2D eigenvalue weighted by Crippen LogP contribution is -2.43. The van der Waals surface area contributed by atoms with Crippen molar-refractivity contribution in [2.24, 2.45) is 0 Å². The zero-order chi connectivity index (χ0) is 20.0. The molecule has 150 valence electrons. The van der Waals surface area contributed by atoms with Gasteiger partial charge in [-0.15, -0.1) is 0 Å². The minimum Gasteiger partial charge on any atom is -0.494 e. The summed E-state index contributed by atoms with van der Waals surface area (Å²) in [6, 6.07) is 15.8. The first-order valence-electron chi connectivity index (χ1n) is 9.69. The molecule has 0 aliphatic heterocycles. The minimum absolute atomic E-state index is 0.185. The summed E-state index contributed by atoms with van der Waals surface area (Å²) in [5.74, 6) is 0.469. The average molecular weight is 384 g/mol. The number of hydrogen-bond donors (Lipinski definition) is 2. The van der Waals surface area contributed by atoms with Gasteiger partial charge in [-0.25, -0.2) is 0 Å². The SMILES string of the molecule is CCCCCCCOc1ccc(C(=O)NNC(=O)COc2ccccc2)cc1. The lowest BCUT2D eigenvalue weighted by atomic mass is 10.2. The number of amides is 2. The Labute approximate surface area is 166 Å². The highest BCUT2D eigenvalue weighted by atomic mass is 16.5. The molecule has 0 fully saturated rings. The first-order valence-corrected chi connectivity index (χ1v) is 9.69. The highest BCUT2D eigenvalue weighted by Crippen LogP contribution is 2.13. The fourth-order valence-electron chi connectivity index (χ4n) is 2.50. The third kappa shape index (κ3) is 8.12. The molecule has 2 aromatic rings. The molecule has 6 nitrogen and oxygen atoms in total. The first kappa shape index (κ1) is 21.3. The molecule has 6 heteroatoms. The average Bonchev–Trinajstić information content (AvgIpc) is 2.74. The van der Waals surface area contributed by atoms with Crippen LogP contribution in [-0.4, -0.2) is 25.0 Å². The summed E-state index contributed by atoms with van der Waals surface area (Å²) in [6.07, 6.45) is 5.92. The van der Waals surface area contributed by atoms with Crippen molar-refractivity contribution in [3.05, 3.63) is 60.2 Å². The Kier molecular flexibility index (Phi) is 9.41. The van der Waals surface area contributed by atoms with Crippen LogP contribution in [0.2, 0.25) is 0 Å². The largest absolute Gasteiger partial charge is 0.494 e. The molecule has 0 aliphatic rings. The number of hydrazine groups is 1. The van der Waals surface area contributed by atoms with Crippen LogP contribution in [0.5, 0.6) is 11.5 Å². The van der Waals surface area contributed by atoms with E-state index in [1.807, 2.05) is 18.2 Å². The highest BCUT2D eigenvalue weighted by Gasteiger charge is 2.08. The molecule has 0 heterocycles. The summed E-state index contributed by atoms with van der Waals surface area (Å²) in [6.45, 7) is 2.68. The van der Waals surface area contributed by atoms with Gasteiger partial charge in [-0.3, -0.25) is 20.4 Å². The third-order valence-electron chi connectivity index (χ3n) is 4.06. The quantitative estimate of drug-likeness (QED) is 0.455. The van der Waals surface area contributed by atoms with E-state index in [-0.39, 0.29) is 6.61 Å². The van der Waals surface area contributed by atoms with Gasteiger partial charge in [-0.05, 0) is 42.8 Å². The topological polar surface area (TPSA) is 76.7 Å². The molecule has 2 rings (SSSR count). The molecule has 0 saturated heterocycles. The molecule has 0 spiro atoms. The van der Waals surface area contributed by atoms with Crippen LogP contribution in [-0.2, 0) is 4.79 Å². The van der Waals surface area contributed by atoms with Crippen LogP contribution in [0, 0.1) is 0 Å². The predicted octanol–water partition coefficient (Wildman–Crippen LogP) is 3.88. The molecule has 0 aromatic heterocycles. The van der Waals surface area contributed by atoms with Gasteiger partial charge in [0, 0.05) is 5.56 Å². The van der Waals surface area contributed by atoms with Gasteiger partial charge in [0.1, 0.15) is 11.5 Å². The Balaban J connectivity index is 1.65. The van der Waals surface area contributed by atoms with Gasteiger partial charge in [0.25, 0.3) is 11.8 Å². The van der Waals surface area contributed by atoms with Crippen molar-refractivity contribution >= 4 is 11.8 Å². The van der Waals surface area contributed by atoms with Crippen molar-refractivity contribution in [3.8, 4) is 11.5 Å². The molecule has 2 N–H and O–H groups in total. The molecule has 0 bridgehead atoms. The molecule has 0 atom stereocenters. The number of para-hydroxylation sites is 1. The lowest BCUT2D eigenvalue weighted by Gasteiger charge is -2.10. The number of benzene rings is 2. The first-order chi connectivity index (χ1) is 13.7. The van der Waals surface area contributed by atoms with Crippen molar-refractivity contribution in [1.82, 2.24) is 10.9 Å². The van der Waals surface area contributed by atoms with Crippen LogP contribution in [0.15, 0.2) is 54.6 Å². The summed E-state index contributed by atoms with van der Waals surface area (Å²) < 4.78 is 11.0. The van der Waals surface area contributed by atoms with Gasteiger partial charge >= 0.3 is 0 Å². The van der Waals surface area contributed by atoms with Crippen LogP contribution >= 0.6 is 0 Å². The second-order valence-corrected chi connectivity index (χ2v) is 6.39. The highest BCUT2D eigenvalue weighted by molar-refractivity contribution is 5.95. The van der Waals surface area contributed by atoms with Crippen LogP contribution in [0.3, 0.4) is 0 Å². The second kappa shape index (κ2) is 12.4. The Morgan fingerprint density at radius 2 is 1.46 bits per heavy atom. The summed E-state index contributed by atoms with van der Waals surface area (Å²) in [4.78, 5) is 23.8. The summed E-state index contributed by atoms with van der Waals surface area (Å²) in [5.41, 5.74) is 5.13. The van der Waals surface area contributed by atoms with Crippen molar-refractivity contribution < 1.29 is 19.1 Å². The number of carbonyl (C=O) groups is 2. The third-order valence-corrected chi connectivity index (χ3v) is 4.06. The van der Waals surface area contributed by atoms with Crippen LogP contribution < -0.4 is 20.3 Å². The molecule has 0 radical (unpaired) electrons. The van der Waals surface area contributed by atoms with Gasteiger partial charge in [0.2, 0.25) is 0 Å². The van der Waals surface area contributed by atoms with Crippen molar-refractivity contribution in [3.63, 3.8) is 0 Å². The standard InChI is InChI=1S/C22H28N2O4/c1-2-3-4-5-9-16-27-20-14-12-18(13-15-20)22(26)24-23-21(25)17-28-19-10-7-6-8-11-19/h6-8,10-15H,2-5,9,16-17H2,1H3,(H,23,25)(H,24,26). The number of ether oxygens (including phenoxy) is 2. The fourth-order valence-corrected chi connectivity index (χ4v) is 2.50. The Morgan fingerprint density at radius 3 is 2.18 bits per heavy atom. The smallest absolute Gasteiger partial charge is 0.276 e. The van der Waals surface area contributed by atoms with Gasteiger partial charge < -0.3 is 9.47 Å². The van der Waals surface area contributed by atoms with Crippen molar-refractivity contribution in [2.75, 3.05) is 13.2 Å². The van der Waals surface area contributed by atoms with E-state index in [1.165, 1.54) is 25.7 Å². The fraction of sp³-hybridized carbons (Fsp3) is 0.364. The number of hydrogen-bond acceptors (Lipinski definition) is 4. The number of rotatable bonds is 11. The Morgan fingerprint density at radius 1 is 0.786 bits per heavy atom. The Hall–Kier alpha value is -3.02. The zero-order valence-corrected chi connectivity index (χ0v) is 16.3. The van der Waals surface area contributed by atoms with E-state index in [2.05, 4.69) is 17.8 Å². The molecule has 2 aromatic carbocycles. The number of unbranched alkanes of at least 4 members (excludes halogenated alkanes) is 4. The van der Waals surface area contributed by atoms with E-state index in [4.69, 9.17) is 9.47 Å². The normalized spacial score (nSPS) is 10.2. The van der Waals surface area contributed by atoms with E-state index in [0.29, 0.717) is 17.9 Å². The van der Waals surface area contributed by atoms with Crippen LogP contribution in [0.4, 0.5) is 0 Å². The number of nitrogens with one attached hydrogen (secondary N) is 2. The molecular formula is C22H28N2O4. The second-order valence-electron chi connectivity index (χ2n) is 6.39. The van der Waals surface area contributed by atoms with Crippen LogP contribution in [0.25, 0.3) is 0 Å². The van der Waals surface area contributed by atoms with Gasteiger partial charge in [0.15, 0.2) is 6.61 Å². The summed E-state index contributed by atoms with van der Waals surface area (Å²) >= 11 is 0. The lowest BCUT2D eigenvalue weighted by molar-refractivity contribution is -0.123. The maximum absolute atomic E-state index is 12.1. The van der Waals surface area contributed by atoms with E-state index in [9.17, 15) is 9.59 Å². The number of carbonyl (C=O) groups excluding carboxylic acids is 2. The molecule has 2 amide bonds. The monoisotopic (exact) mass is 384 g/mol. The molecule has 0 aliphatic carbocycles. The molecular weight excluding hydrogens is 356 g/mol. The maximum atomic E-state index is 12.1. The van der Waals surface area contributed by atoms with Crippen molar-refractivity contribution in [1.29, 1.82) is 0 Å². The van der Waals surface area contributed by atoms with Crippen LogP contribution in [0.1, 0.15) is 49.4 Å². The predicted molar refractivity (Wildman–Crippen MR) is 108 cm³/mol. The molecule has 0 saturated carbocycles. The van der Waals surface area contributed by atoms with E-state index in [1.54, 1.807) is 36.4 Å². The zero-order valence-electron chi connectivity index (χ0n) is 16.3. The summed E-state index contributed by atoms with van der Waals surface area (Å²) in [7, 11) is 0. The van der Waals surface area contributed by atoms with Gasteiger partial charge in [-0.2, -0.15) is 0 Å². The Bertz CT molecular complexity index is 717. The molecule has 28 heavy (non-hydrogen) atoms. The van der Waals surface area contributed by atoms with E-state index < -0.39 is 11.8 Å². The van der Waals surface area contributed by atoms with E-state index >= 15 is 0 Å². The molecule has 0 unspecified atom stereocenters. The van der Waals surface area contributed by atoms with Gasteiger partial charge in [0.05, 0.1) is 6.61 Å². The van der Waals surface area contributed by atoms with Crippen molar-refractivity contribution in [2.45, 2.75) is 39.0 Å². The maximum Gasteiger partial charge on any atom is 0.276 e. The minimum atomic E-state index is -0.444. The summed E-state index contributed by atoms with van der Waals surface area (Å²) in [5, 5.41) is 0. The van der Waals surface area contributed by atoms with Gasteiger partial charge in [-0.1, -0.05) is 50.8 Å². The van der Waals surface area contributed by atoms with E-state index in [0.717, 1.165) is 12.2 Å².